The minimum absolute atomic E-state index is 0.426. The van der Waals surface area contributed by atoms with Gasteiger partial charge in [-0.1, -0.05) is 43.7 Å². The van der Waals surface area contributed by atoms with E-state index in [-0.39, 0.29) is 0 Å². The van der Waals surface area contributed by atoms with E-state index >= 15 is 0 Å². The van der Waals surface area contributed by atoms with Gasteiger partial charge in [0.2, 0.25) is 0 Å². The number of benzene rings is 1. The summed E-state index contributed by atoms with van der Waals surface area (Å²) in [4.78, 5) is 1.46. The number of nitrogens with one attached hydrogen (secondary N) is 1. The van der Waals surface area contributed by atoms with Crippen LogP contribution in [-0.4, -0.2) is 6.54 Å². The van der Waals surface area contributed by atoms with Crippen molar-refractivity contribution >= 4 is 11.3 Å². The average molecular weight is 287 g/mol. The standard InChI is InChI=1S/C18H25NS/c1-3-4-6-16-8-10-17(11-9-16)15(2)19-13-12-18-7-5-14-20-18/h5,7-11,14-15,19H,3-4,6,12-13H2,1-2H3. The van der Waals surface area contributed by atoms with Crippen molar-refractivity contribution in [2.75, 3.05) is 6.54 Å². The van der Waals surface area contributed by atoms with Gasteiger partial charge >= 0.3 is 0 Å². The van der Waals surface area contributed by atoms with Gasteiger partial charge in [-0.25, -0.2) is 0 Å². The monoisotopic (exact) mass is 287 g/mol. The van der Waals surface area contributed by atoms with Crippen LogP contribution in [0.15, 0.2) is 41.8 Å². The zero-order valence-electron chi connectivity index (χ0n) is 12.6. The molecule has 1 aromatic heterocycles. The van der Waals surface area contributed by atoms with E-state index in [0.717, 1.165) is 13.0 Å². The van der Waals surface area contributed by atoms with E-state index in [2.05, 4.69) is 60.9 Å². The van der Waals surface area contributed by atoms with E-state index in [0.29, 0.717) is 6.04 Å². The Morgan fingerprint density at radius 1 is 1.10 bits per heavy atom. The van der Waals surface area contributed by atoms with Gasteiger partial charge in [0, 0.05) is 17.5 Å². The van der Waals surface area contributed by atoms with Gasteiger partial charge < -0.3 is 5.32 Å². The first-order chi connectivity index (χ1) is 9.79. The van der Waals surface area contributed by atoms with Gasteiger partial charge in [0.1, 0.15) is 0 Å². The van der Waals surface area contributed by atoms with Crippen LogP contribution < -0.4 is 5.32 Å². The van der Waals surface area contributed by atoms with Gasteiger partial charge in [0.15, 0.2) is 0 Å². The molecule has 2 heteroatoms. The molecule has 2 rings (SSSR count). The second-order valence-electron chi connectivity index (χ2n) is 5.35. The maximum atomic E-state index is 3.61. The number of aryl methyl sites for hydroxylation is 1. The molecule has 0 aliphatic heterocycles. The normalized spacial score (nSPS) is 12.5. The number of hydrogen-bond donors (Lipinski definition) is 1. The fourth-order valence-electron chi connectivity index (χ4n) is 2.34. The zero-order chi connectivity index (χ0) is 14.2. The van der Waals surface area contributed by atoms with E-state index in [1.165, 1.54) is 35.3 Å². The fraction of sp³-hybridized carbons (Fsp3) is 0.444. The van der Waals surface area contributed by atoms with Gasteiger partial charge in [0.25, 0.3) is 0 Å². The first-order valence-electron chi connectivity index (χ1n) is 7.64. The molecule has 0 aliphatic rings. The lowest BCUT2D eigenvalue weighted by Gasteiger charge is -2.14. The van der Waals surface area contributed by atoms with E-state index in [1.54, 1.807) is 0 Å². The molecule has 1 atom stereocenters. The average Bonchev–Trinajstić information content (AvgIpc) is 2.99. The van der Waals surface area contributed by atoms with E-state index in [4.69, 9.17) is 0 Å². The molecule has 1 N–H and O–H groups in total. The maximum absolute atomic E-state index is 3.61. The van der Waals surface area contributed by atoms with Crippen LogP contribution in [0.4, 0.5) is 0 Å². The van der Waals surface area contributed by atoms with E-state index in [1.807, 2.05) is 11.3 Å². The number of thiophene rings is 1. The van der Waals surface area contributed by atoms with Crippen LogP contribution in [0.3, 0.4) is 0 Å². The molecule has 0 amide bonds. The highest BCUT2D eigenvalue weighted by atomic mass is 32.1. The Kier molecular flexibility index (Phi) is 6.28. The predicted octanol–water partition coefficient (Wildman–Crippen LogP) is 4.98. The highest BCUT2D eigenvalue weighted by Crippen LogP contribution is 2.15. The third kappa shape index (κ3) is 4.77. The zero-order valence-corrected chi connectivity index (χ0v) is 13.4. The summed E-state index contributed by atoms with van der Waals surface area (Å²) >= 11 is 1.84. The molecule has 0 radical (unpaired) electrons. The molecule has 1 heterocycles. The van der Waals surface area contributed by atoms with Crippen molar-refractivity contribution in [3.63, 3.8) is 0 Å². The van der Waals surface area contributed by atoms with Crippen LogP contribution in [0.1, 0.15) is 48.7 Å². The van der Waals surface area contributed by atoms with Crippen molar-refractivity contribution in [3.05, 3.63) is 57.8 Å². The second-order valence-corrected chi connectivity index (χ2v) is 6.38. The molecule has 0 spiro atoms. The Morgan fingerprint density at radius 3 is 2.55 bits per heavy atom. The Morgan fingerprint density at radius 2 is 1.90 bits per heavy atom. The lowest BCUT2D eigenvalue weighted by atomic mass is 10.0. The maximum Gasteiger partial charge on any atom is 0.0291 e. The quantitative estimate of drug-likeness (QED) is 0.721. The van der Waals surface area contributed by atoms with Crippen LogP contribution in [0, 0.1) is 0 Å². The third-order valence-electron chi connectivity index (χ3n) is 3.70. The van der Waals surface area contributed by atoms with Crippen molar-refractivity contribution < 1.29 is 0 Å². The molecular weight excluding hydrogens is 262 g/mol. The number of hydrogen-bond acceptors (Lipinski definition) is 2. The summed E-state index contributed by atoms with van der Waals surface area (Å²) in [5.74, 6) is 0. The Bertz CT molecular complexity index is 473. The highest BCUT2D eigenvalue weighted by Gasteiger charge is 2.04. The topological polar surface area (TPSA) is 12.0 Å². The summed E-state index contributed by atoms with van der Waals surface area (Å²) in [7, 11) is 0. The van der Waals surface area contributed by atoms with Crippen LogP contribution in [0.5, 0.6) is 0 Å². The second kappa shape index (κ2) is 8.23. The predicted molar refractivity (Wildman–Crippen MR) is 89.5 cm³/mol. The molecule has 2 aromatic rings. The van der Waals surface area contributed by atoms with Crippen LogP contribution in [-0.2, 0) is 12.8 Å². The van der Waals surface area contributed by atoms with Crippen LogP contribution in [0.25, 0.3) is 0 Å². The Balaban J connectivity index is 1.78. The lowest BCUT2D eigenvalue weighted by molar-refractivity contribution is 0.578. The summed E-state index contributed by atoms with van der Waals surface area (Å²) in [6, 6.07) is 13.9. The van der Waals surface area contributed by atoms with Crippen LogP contribution in [0.2, 0.25) is 0 Å². The van der Waals surface area contributed by atoms with Crippen molar-refractivity contribution in [1.29, 1.82) is 0 Å². The first-order valence-corrected chi connectivity index (χ1v) is 8.52. The van der Waals surface area contributed by atoms with Crippen molar-refractivity contribution in [1.82, 2.24) is 5.32 Å². The first kappa shape index (κ1) is 15.3. The summed E-state index contributed by atoms with van der Waals surface area (Å²) < 4.78 is 0. The summed E-state index contributed by atoms with van der Waals surface area (Å²) in [5, 5.41) is 5.75. The molecular formula is C18H25NS. The van der Waals surface area contributed by atoms with Crippen molar-refractivity contribution in [3.8, 4) is 0 Å². The molecule has 1 unspecified atom stereocenters. The van der Waals surface area contributed by atoms with Gasteiger partial charge in [0.05, 0.1) is 0 Å². The largest absolute Gasteiger partial charge is 0.310 e. The summed E-state index contributed by atoms with van der Waals surface area (Å²) in [5.41, 5.74) is 2.85. The molecule has 0 saturated carbocycles. The minimum Gasteiger partial charge on any atom is -0.310 e. The molecule has 20 heavy (non-hydrogen) atoms. The summed E-state index contributed by atoms with van der Waals surface area (Å²) in [6.07, 6.45) is 4.88. The molecule has 0 fully saturated rings. The van der Waals surface area contributed by atoms with Gasteiger partial charge in [-0.15, -0.1) is 11.3 Å². The smallest absolute Gasteiger partial charge is 0.0291 e. The van der Waals surface area contributed by atoms with Crippen LogP contribution >= 0.6 is 11.3 Å². The SMILES string of the molecule is CCCCc1ccc(C(C)NCCc2cccs2)cc1. The molecule has 0 aliphatic carbocycles. The summed E-state index contributed by atoms with van der Waals surface area (Å²) in [6.45, 7) is 5.53. The Labute approximate surface area is 127 Å². The van der Waals surface area contributed by atoms with Gasteiger partial charge in [-0.3, -0.25) is 0 Å². The van der Waals surface area contributed by atoms with Gasteiger partial charge in [-0.05, 0) is 48.8 Å². The van der Waals surface area contributed by atoms with Gasteiger partial charge in [-0.2, -0.15) is 0 Å². The third-order valence-corrected chi connectivity index (χ3v) is 4.64. The minimum atomic E-state index is 0.426. The van der Waals surface area contributed by atoms with E-state index in [9.17, 15) is 0 Å². The Hall–Kier alpha value is -1.12. The number of unbranched alkanes of at least 4 members (excludes halogenated alkanes) is 1. The van der Waals surface area contributed by atoms with Crippen molar-refractivity contribution in [2.45, 2.75) is 45.6 Å². The fourth-order valence-corrected chi connectivity index (χ4v) is 3.05. The number of rotatable bonds is 8. The molecule has 1 nitrogen and oxygen atoms in total. The molecule has 0 bridgehead atoms. The molecule has 108 valence electrons. The highest BCUT2D eigenvalue weighted by molar-refractivity contribution is 7.09. The van der Waals surface area contributed by atoms with E-state index < -0.39 is 0 Å². The van der Waals surface area contributed by atoms with Crippen molar-refractivity contribution in [2.24, 2.45) is 0 Å². The lowest BCUT2D eigenvalue weighted by Crippen LogP contribution is -2.21. The molecule has 1 aromatic carbocycles. The molecule has 0 saturated heterocycles.